The van der Waals surface area contributed by atoms with Crippen LogP contribution in [0.1, 0.15) is 10.4 Å². The van der Waals surface area contributed by atoms with Gasteiger partial charge in [0.05, 0.1) is 4.92 Å². The lowest BCUT2D eigenvalue weighted by atomic mass is 10.1. The predicted molar refractivity (Wildman–Crippen MR) is 85.5 cm³/mol. The lowest BCUT2D eigenvalue weighted by molar-refractivity contribution is -0.384. The monoisotopic (exact) mass is 328 g/mol. The van der Waals surface area contributed by atoms with Crippen LogP contribution in [0, 0.1) is 21.4 Å². The van der Waals surface area contributed by atoms with Gasteiger partial charge in [-0.1, -0.05) is 23.7 Å². The molecule has 0 spiro atoms. The highest BCUT2D eigenvalue weighted by molar-refractivity contribution is 6.51. The largest absolute Gasteiger partial charge is 0.294 e. The Labute approximate surface area is 136 Å². The molecule has 23 heavy (non-hydrogen) atoms. The highest BCUT2D eigenvalue weighted by atomic mass is 35.5. The van der Waals surface area contributed by atoms with Crippen molar-refractivity contribution in [3.05, 3.63) is 69.2 Å². The van der Waals surface area contributed by atoms with Gasteiger partial charge in [0.25, 0.3) is 5.69 Å². The van der Waals surface area contributed by atoms with Gasteiger partial charge in [0.1, 0.15) is 11.8 Å². The summed E-state index contributed by atoms with van der Waals surface area (Å²) in [5, 5.41) is 24.1. The van der Waals surface area contributed by atoms with Crippen LogP contribution in [-0.4, -0.2) is 16.4 Å². The Kier molecular flexibility index (Phi) is 5.02. The number of ketones is 1. The number of nitro benzene ring substituents is 1. The van der Waals surface area contributed by atoms with Crippen LogP contribution in [0.4, 0.5) is 11.4 Å². The van der Waals surface area contributed by atoms with E-state index in [0.29, 0.717) is 5.02 Å². The third-order valence-electron chi connectivity index (χ3n) is 2.82. The summed E-state index contributed by atoms with van der Waals surface area (Å²) in [5.74, 6) is -0.616. The first-order valence-electron chi connectivity index (χ1n) is 6.30. The van der Waals surface area contributed by atoms with Crippen molar-refractivity contribution >= 4 is 34.5 Å². The number of benzene rings is 2. The van der Waals surface area contributed by atoms with Crippen molar-refractivity contribution in [3.63, 3.8) is 0 Å². The van der Waals surface area contributed by atoms with E-state index in [0.717, 1.165) is 0 Å². The molecule has 7 nitrogen and oxygen atoms in total. The molecule has 2 rings (SSSR count). The van der Waals surface area contributed by atoms with Gasteiger partial charge in [-0.25, -0.2) is 0 Å². The van der Waals surface area contributed by atoms with Crippen molar-refractivity contribution in [2.75, 3.05) is 5.43 Å². The number of nitriles is 1. The van der Waals surface area contributed by atoms with Crippen LogP contribution in [-0.2, 0) is 0 Å². The summed E-state index contributed by atoms with van der Waals surface area (Å²) in [6.45, 7) is 0. The van der Waals surface area contributed by atoms with Crippen LogP contribution in [0.3, 0.4) is 0 Å². The van der Waals surface area contributed by atoms with Crippen molar-refractivity contribution in [1.29, 1.82) is 5.26 Å². The molecule has 0 atom stereocenters. The number of Topliss-reactive ketones (excluding diaryl/α,β-unsaturated/α-hetero) is 1. The average molecular weight is 329 g/mol. The lowest BCUT2D eigenvalue weighted by Gasteiger charge is -2.03. The number of rotatable bonds is 5. The molecule has 0 aliphatic heterocycles. The second-order valence-electron chi connectivity index (χ2n) is 4.29. The lowest BCUT2D eigenvalue weighted by Crippen LogP contribution is -2.14. The summed E-state index contributed by atoms with van der Waals surface area (Å²) in [6.07, 6.45) is 0. The van der Waals surface area contributed by atoms with Crippen molar-refractivity contribution in [2.24, 2.45) is 5.10 Å². The fourth-order valence-corrected chi connectivity index (χ4v) is 1.83. The molecular formula is C15H9ClN4O3. The molecule has 0 bridgehead atoms. The van der Waals surface area contributed by atoms with Gasteiger partial charge in [-0.2, -0.15) is 10.4 Å². The van der Waals surface area contributed by atoms with Crippen molar-refractivity contribution in [2.45, 2.75) is 0 Å². The minimum absolute atomic E-state index is 0.0779. The zero-order chi connectivity index (χ0) is 16.8. The van der Waals surface area contributed by atoms with E-state index < -0.39 is 16.4 Å². The van der Waals surface area contributed by atoms with Crippen LogP contribution in [0.2, 0.25) is 5.02 Å². The second kappa shape index (κ2) is 7.15. The summed E-state index contributed by atoms with van der Waals surface area (Å²) in [5.41, 5.74) is 2.06. The van der Waals surface area contributed by atoms with Crippen LogP contribution in [0.15, 0.2) is 53.6 Å². The van der Waals surface area contributed by atoms with E-state index in [-0.39, 0.29) is 16.9 Å². The number of anilines is 1. The molecule has 2 aromatic rings. The molecular weight excluding hydrogens is 320 g/mol. The van der Waals surface area contributed by atoms with Crippen molar-refractivity contribution in [1.82, 2.24) is 0 Å². The highest BCUT2D eigenvalue weighted by Gasteiger charge is 2.16. The smallest absolute Gasteiger partial charge is 0.286 e. The molecule has 8 heteroatoms. The maximum atomic E-state index is 12.2. The Morgan fingerprint density at radius 2 is 1.87 bits per heavy atom. The summed E-state index contributed by atoms with van der Waals surface area (Å²) < 4.78 is 0. The SMILES string of the molecule is N#C/C(=N\Nc1ccccc1[N+](=O)[O-])C(=O)c1ccc(Cl)cc1. The van der Waals surface area contributed by atoms with E-state index in [1.165, 1.54) is 42.5 Å². The molecule has 0 aromatic heterocycles. The van der Waals surface area contributed by atoms with Gasteiger partial charge in [0, 0.05) is 16.7 Å². The van der Waals surface area contributed by atoms with E-state index in [9.17, 15) is 14.9 Å². The molecule has 0 saturated carbocycles. The summed E-state index contributed by atoms with van der Waals surface area (Å²) in [7, 11) is 0. The topological polar surface area (TPSA) is 108 Å². The summed E-state index contributed by atoms with van der Waals surface area (Å²) in [6, 6.07) is 13.4. The number of hydrogen-bond acceptors (Lipinski definition) is 6. The maximum Gasteiger partial charge on any atom is 0.294 e. The van der Waals surface area contributed by atoms with Gasteiger partial charge in [0.15, 0.2) is 0 Å². The minimum Gasteiger partial charge on any atom is -0.286 e. The van der Waals surface area contributed by atoms with Gasteiger partial charge in [-0.15, -0.1) is 0 Å². The molecule has 114 valence electrons. The first kappa shape index (κ1) is 16.1. The second-order valence-corrected chi connectivity index (χ2v) is 4.73. The minimum atomic E-state index is -0.616. The number of para-hydroxylation sites is 2. The number of hydrogen-bond donors (Lipinski definition) is 1. The summed E-state index contributed by atoms with van der Waals surface area (Å²) in [4.78, 5) is 22.5. The third kappa shape index (κ3) is 3.90. The molecule has 0 radical (unpaired) electrons. The first-order chi connectivity index (χ1) is 11.0. The van der Waals surface area contributed by atoms with Gasteiger partial charge >= 0.3 is 0 Å². The molecule has 0 aliphatic rings. The number of halogens is 1. The number of hydrazone groups is 1. The molecule has 0 unspecified atom stereocenters. The zero-order valence-corrected chi connectivity index (χ0v) is 12.3. The van der Waals surface area contributed by atoms with E-state index in [1.807, 2.05) is 0 Å². The fourth-order valence-electron chi connectivity index (χ4n) is 1.71. The molecule has 1 N–H and O–H groups in total. The van der Waals surface area contributed by atoms with Gasteiger partial charge in [0.2, 0.25) is 11.5 Å². The predicted octanol–water partition coefficient (Wildman–Crippen LogP) is 3.42. The zero-order valence-electron chi connectivity index (χ0n) is 11.6. The number of nitro groups is 1. The Bertz CT molecular complexity index is 825. The van der Waals surface area contributed by atoms with E-state index in [4.69, 9.17) is 16.9 Å². The number of nitrogens with zero attached hydrogens (tertiary/aromatic N) is 3. The van der Waals surface area contributed by atoms with E-state index in [1.54, 1.807) is 12.1 Å². The normalized spacial score (nSPS) is 10.7. The highest BCUT2D eigenvalue weighted by Crippen LogP contribution is 2.23. The summed E-state index contributed by atoms with van der Waals surface area (Å²) >= 11 is 5.74. The van der Waals surface area contributed by atoms with Gasteiger partial charge in [-0.05, 0) is 30.3 Å². The van der Waals surface area contributed by atoms with Gasteiger partial charge < -0.3 is 0 Å². The molecule has 0 saturated heterocycles. The maximum absolute atomic E-state index is 12.2. The van der Waals surface area contributed by atoms with Crippen LogP contribution in [0.5, 0.6) is 0 Å². The third-order valence-corrected chi connectivity index (χ3v) is 3.07. The van der Waals surface area contributed by atoms with Gasteiger partial charge in [-0.3, -0.25) is 20.3 Å². The quantitative estimate of drug-likeness (QED) is 0.391. The van der Waals surface area contributed by atoms with E-state index >= 15 is 0 Å². The first-order valence-corrected chi connectivity index (χ1v) is 6.68. The van der Waals surface area contributed by atoms with Crippen molar-refractivity contribution in [3.8, 4) is 6.07 Å². The number of nitrogens with one attached hydrogen (secondary N) is 1. The Balaban J connectivity index is 2.26. The molecule has 0 fully saturated rings. The van der Waals surface area contributed by atoms with Crippen LogP contribution in [0.25, 0.3) is 0 Å². The molecule has 0 aliphatic carbocycles. The fraction of sp³-hybridized carbons (Fsp3) is 0. The number of carbonyl (C=O) groups is 1. The molecule has 0 heterocycles. The average Bonchev–Trinajstić information content (AvgIpc) is 2.56. The van der Waals surface area contributed by atoms with Crippen molar-refractivity contribution < 1.29 is 9.72 Å². The van der Waals surface area contributed by atoms with E-state index in [2.05, 4.69) is 10.5 Å². The molecule has 0 amide bonds. The van der Waals surface area contributed by atoms with Crippen LogP contribution >= 0.6 is 11.6 Å². The Morgan fingerprint density at radius 1 is 1.22 bits per heavy atom. The molecule has 2 aromatic carbocycles. The van der Waals surface area contributed by atoms with Crippen LogP contribution < -0.4 is 5.43 Å². The number of carbonyl (C=O) groups excluding carboxylic acids is 1. The Morgan fingerprint density at radius 3 is 2.48 bits per heavy atom. The standard InChI is InChI=1S/C15H9ClN4O3/c16-11-7-5-10(6-8-11)15(21)13(9-17)19-18-12-3-1-2-4-14(12)20(22)23/h1-8,18H/b19-13+. The Hall–Kier alpha value is -3.24.